The second kappa shape index (κ2) is 7.53. The molecule has 15 heavy (non-hydrogen) atoms. The largest absolute Gasteiger partial charge is 0.396 e. The number of hydrogen-bond donors (Lipinski definition) is 2. The maximum Gasteiger partial charge on any atom is 0.0438 e. The minimum absolute atomic E-state index is 0.334. The van der Waals surface area contributed by atoms with Gasteiger partial charge in [0, 0.05) is 17.9 Å². The molecule has 0 aromatic rings. The molecule has 0 amide bonds. The third-order valence-electron chi connectivity index (χ3n) is 3.15. The van der Waals surface area contributed by atoms with Crippen molar-refractivity contribution in [3.05, 3.63) is 0 Å². The second-order valence-electron chi connectivity index (χ2n) is 4.57. The van der Waals surface area contributed by atoms with Crippen LogP contribution in [0.3, 0.4) is 0 Å². The van der Waals surface area contributed by atoms with Gasteiger partial charge in [0.1, 0.15) is 0 Å². The Bertz CT molecular complexity index is 166. The van der Waals surface area contributed by atoms with Gasteiger partial charge in [0.15, 0.2) is 0 Å². The molecule has 2 N–H and O–H groups in total. The number of rotatable bonds is 6. The third-order valence-corrected chi connectivity index (χ3v) is 4.63. The molecule has 2 nitrogen and oxygen atoms in total. The zero-order chi connectivity index (χ0) is 11.1. The molecule has 1 aliphatic rings. The van der Waals surface area contributed by atoms with Gasteiger partial charge >= 0.3 is 0 Å². The predicted octanol–water partition coefficient (Wildman–Crippen LogP) is 2.27. The first-order valence-corrected chi connectivity index (χ1v) is 7.28. The van der Waals surface area contributed by atoms with E-state index in [-0.39, 0.29) is 0 Å². The van der Waals surface area contributed by atoms with Gasteiger partial charge in [0.2, 0.25) is 0 Å². The summed E-state index contributed by atoms with van der Waals surface area (Å²) >= 11 is 2.05. The smallest absolute Gasteiger partial charge is 0.0438 e. The Morgan fingerprint density at radius 2 is 2.20 bits per heavy atom. The monoisotopic (exact) mass is 231 g/mol. The van der Waals surface area contributed by atoms with E-state index in [9.17, 15) is 0 Å². The lowest BCUT2D eigenvalue weighted by molar-refractivity contribution is 0.295. The number of hydrogen-bond acceptors (Lipinski definition) is 3. The second-order valence-corrected chi connectivity index (χ2v) is 5.92. The Kier molecular flexibility index (Phi) is 6.69. The van der Waals surface area contributed by atoms with Crippen LogP contribution in [-0.4, -0.2) is 35.3 Å². The molecule has 1 aliphatic carbocycles. The van der Waals surface area contributed by atoms with Crippen molar-refractivity contribution in [1.82, 2.24) is 5.32 Å². The van der Waals surface area contributed by atoms with Gasteiger partial charge in [-0.3, -0.25) is 0 Å². The normalized spacial score (nSPS) is 31.8. The Morgan fingerprint density at radius 3 is 2.87 bits per heavy atom. The quantitative estimate of drug-likeness (QED) is 0.688. The van der Waals surface area contributed by atoms with E-state index in [1.165, 1.54) is 19.3 Å². The fourth-order valence-corrected chi connectivity index (χ4v) is 3.84. The molecule has 0 saturated heterocycles. The highest BCUT2D eigenvalue weighted by Crippen LogP contribution is 2.32. The first-order valence-electron chi connectivity index (χ1n) is 6.23. The Morgan fingerprint density at radius 1 is 1.40 bits per heavy atom. The molecule has 0 bridgehead atoms. The van der Waals surface area contributed by atoms with Gasteiger partial charge in [-0.05, 0) is 43.9 Å². The lowest BCUT2D eigenvalue weighted by Crippen LogP contribution is -2.42. The van der Waals surface area contributed by atoms with Gasteiger partial charge in [-0.25, -0.2) is 0 Å². The third kappa shape index (κ3) is 4.75. The van der Waals surface area contributed by atoms with Crippen LogP contribution in [0.5, 0.6) is 0 Å². The first-order chi connectivity index (χ1) is 7.27. The van der Waals surface area contributed by atoms with Crippen LogP contribution in [0.4, 0.5) is 0 Å². The van der Waals surface area contributed by atoms with E-state index in [4.69, 9.17) is 5.11 Å². The van der Waals surface area contributed by atoms with Crippen molar-refractivity contribution in [2.75, 3.05) is 18.9 Å². The molecule has 1 fully saturated rings. The maximum absolute atomic E-state index is 8.79. The lowest BCUT2D eigenvalue weighted by Gasteiger charge is -2.35. The van der Waals surface area contributed by atoms with Crippen molar-refractivity contribution in [2.24, 2.45) is 5.92 Å². The van der Waals surface area contributed by atoms with E-state index in [1.807, 2.05) is 0 Å². The topological polar surface area (TPSA) is 32.3 Å². The molecule has 3 unspecified atom stereocenters. The summed E-state index contributed by atoms with van der Waals surface area (Å²) in [5.74, 6) is 1.99. The summed E-state index contributed by atoms with van der Waals surface area (Å²) in [6.45, 7) is 5.96. The molecule has 3 heteroatoms. The summed E-state index contributed by atoms with van der Waals surface area (Å²) in [6, 6.07) is 0.704. The summed E-state index contributed by atoms with van der Waals surface area (Å²) in [5.41, 5.74) is 0. The van der Waals surface area contributed by atoms with Crippen LogP contribution in [-0.2, 0) is 0 Å². The van der Waals surface area contributed by atoms with Crippen LogP contribution in [0.2, 0.25) is 0 Å². The van der Waals surface area contributed by atoms with Crippen molar-refractivity contribution in [2.45, 2.75) is 50.8 Å². The standard InChI is InChI=1S/C12H25NOS/c1-3-13-11-6-5-10(2)9-12(11)15-8-4-7-14/h10-14H,3-9H2,1-2H3. The summed E-state index contributed by atoms with van der Waals surface area (Å²) in [7, 11) is 0. The van der Waals surface area contributed by atoms with Crippen LogP contribution in [0.15, 0.2) is 0 Å². The van der Waals surface area contributed by atoms with Gasteiger partial charge in [-0.1, -0.05) is 13.8 Å². The fraction of sp³-hybridized carbons (Fsp3) is 1.00. The van der Waals surface area contributed by atoms with Crippen molar-refractivity contribution >= 4 is 11.8 Å². The van der Waals surface area contributed by atoms with E-state index in [0.717, 1.165) is 29.9 Å². The summed E-state index contributed by atoms with van der Waals surface area (Å²) < 4.78 is 0. The summed E-state index contributed by atoms with van der Waals surface area (Å²) in [5, 5.41) is 13.2. The van der Waals surface area contributed by atoms with E-state index < -0.39 is 0 Å². The van der Waals surface area contributed by atoms with Crippen molar-refractivity contribution in [3.63, 3.8) is 0 Å². The Hall–Kier alpha value is 0.270. The van der Waals surface area contributed by atoms with E-state index in [1.54, 1.807) is 0 Å². The molecule has 3 atom stereocenters. The molecule has 0 heterocycles. The van der Waals surface area contributed by atoms with Gasteiger partial charge in [0.25, 0.3) is 0 Å². The van der Waals surface area contributed by atoms with Crippen LogP contribution >= 0.6 is 11.8 Å². The van der Waals surface area contributed by atoms with Gasteiger partial charge in [0.05, 0.1) is 0 Å². The number of nitrogens with one attached hydrogen (secondary N) is 1. The molecule has 1 saturated carbocycles. The van der Waals surface area contributed by atoms with Gasteiger partial charge < -0.3 is 10.4 Å². The van der Waals surface area contributed by atoms with Crippen molar-refractivity contribution < 1.29 is 5.11 Å². The molecular weight excluding hydrogens is 206 g/mol. The van der Waals surface area contributed by atoms with Crippen molar-refractivity contribution in [3.8, 4) is 0 Å². The van der Waals surface area contributed by atoms with Crippen LogP contribution in [0.25, 0.3) is 0 Å². The predicted molar refractivity (Wildman–Crippen MR) is 68.4 cm³/mol. The average molecular weight is 231 g/mol. The molecule has 1 rings (SSSR count). The van der Waals surface area contributed by atoms with E-state index >= 15 is 0 Å². The molecular formula is C12H25NOS. The Balaban J connectivity index is 2.32. The zero-order valence-electron chi connectivity index (χ0n) is 10.0. The minimum Gasteiger partial charge on any atom is -0.396 e. The summed E-state index contributed by atoms with van der Waals surface area (Å²) in [6.07, 6.45) is 4.97. The Labute approximate surface area is 98.2 Å². The molecule has 90 valence electrons. The molecule has 0 aromatic heterocycles. The molecule has 0 radical (unpaired) electrons. The number of thioether (sulfide) groups is 1. The van der Waals surface area contributed by atoms with Crippen LogP contribution < -0.4 is 5.32 Å². The van der Waals surface area contributed by atoms with E-state index in [0.29, 0.717) is 12.6 Å². The van der Waals surface area contributed by atoms with Gasteiger partial charge in [-0.2, -0.15) is 11.8 Å². The molecule has 0 aromatic carbocycles. The minimum atomic E-state index is 0.334. The average Bonchev–Trinajstić information content (AvgIpc) is 2.22. The van der Waals surface area contributed by atoms with Gasteiger partial charge in [-0.15, -0.1) is 0 Å². The van der Waals surface area contributed by atoms with Crippen molar-refractivity contribution in [1.29, 1.82) is 0 Å². The van der Waals surface area contributed by atoms with Crippen LogP contribution in [0.1, 0.15) is 39.5 Å². The first kappa shape index (κ1) is 13.3. The number of aliphatic hydroxyl groups is 1. The number of aliphatic hydroxyl groups excluding tert-OH is 1. The van der Waals surface area contributed by atoms with E-state index in [2.05, 4.69) is 30.9 Å². The fourth-order valence-electron chi connectivity index (χ4n) is 2.31. The zero-order valence-corrected chi connectivity index (χ0v) is 10.9. The summed E-state index contributed by atoms with van der Waals surface area (Å²) in [4.78, 5) is 0. The highest BCUT2D eigenvalue weighted by molar-refractivity contribution is 7.99. The van der Waals surface area contributed by atoms with Crippen LogP contribution in [0, 0.1) is 5.92 Å². The molecule has 0 spiro atoms. The lowest BCUT2D eigenvalue weighted by atomic mass is 9.87. The SMILES string of the molecule is CCNC1CCC(C)CC1SCCCO. The maximum atomic E-state index is 8.79. The molecule has 0 aliphatic heterocycles. The highest BCUT2D eigenvalue weighted by Gasteiger charge is 2.27. The highest BCUT2D eigenvalue weighted by atomic mass is 32.2.